The van der Waals surface area contributed by atoms with Gasteiger partial charge in [-0.3, -0.25) is 0 Å². The van der Waals surface area contributed by atoms with Crippen LogP contribution in [0.2, 0.25) is 0 Å². The predicted octanol–water partition coefficient (Wildman–Crippen LogP) is 4.39. The summed E-state index contributed by atoms with van der Waals surface area (Å²) in [5, 5.41) is 3.45. The Morgan fingerprint density at radius 3 is 2.95 bits per heavy atom. The van der Waals surface area contributed by atoms with E-state index in [1.165, 1.54) is 16.8 Å². The first-order valence-corrected chi connectivity index (χ1v) is 7.43. The highest BCUT2D eigenvalue weighted by Gasteiger charge is 2.26. The third-order valence-electron chi connectivity index (χ3n) is 4.22. The number of benzene rings is 2. The number of fused-ring (bicyclic) bond motifs is 2. The van der Waals surface area contributed by atoms with E-state index < -0.39 is 0 Å². The van der Waals surface area contributed by atoms with E-state index in [1.807, 2.05) is 0 Å². The van der Waals surface area contributed by atoms with Crippen LogP contribution in [0.4, 0.5) is 5.69 Å². The lowest BCUT2D eigenvalue weighted by atomic mass is 9.91. The second-order valence-corrected chi connectivity index (χ2v) is 5.84. The summed E-state index contributed by atoms with van der Waals surface area (Å²) in [7, 11) is 0. The molecule has 0 saturated carbocycles. The average molecular weight is 278 g/mol. The van der Waals surface area contributed by atoms with Crippen LogP contribution in [0, 0.1) is 13.8 Å². The molecule has 21 heavy (non-hydrogen) atoms. The topological polar surface area (TPSA) is 38.1 Å². The van der Waals surface area contributed by atoms with Crippen molar-refractivity contribution in [3.8, 4) is 0 Å². The Hall–Kier alpha value is -2.29. The van der Waals surface area contributed by atoms with Gasteiger partial charge in [-0.15, -0.1) is 0 Å². The number of rotatable bonds is 1. The van der Waals surface area contributed by atoms with E-state index in [0.29, 0.717) is 0 Å². The van der Waals surface area contributed by atoms with Gasteiger partial charge in [0, 0.05) is 12.2 Å². The number of hydrogen-bond donors (Lipinski definition) is 1. The molecule has 1 atom stereocenters. The van der Waals surface area contributed by atoms with Gasteiger partial charge in [-0.05, 0) is 49.1 Å². The van der Waals surface area contributed by atoms with Crippen molar-refractivity contribution in [3.63, 3.8) is 0 Å². The van der Waals surface area contributed by atoms with E-state index in [2.05, 4.69) is 55.6 Å². The summed E-state index contributed by atoms with van der Waals surface area (Å²) in [6.07, 6.45) is 1.02. The van der Waals surface area contributed by atoms with Crippen LogP contribution in [-0.4, -0.2) is 11.5 Å². The maximum Gasteiger partial charge on any atom is 0.203 e. The number of nitrogens with one attached hydrogen (secondary N) is 1. The molecule has 3 heteroatoms. The lowest BCUT2D eigenvalue weighted by Gasteiger charge is -2.24. The number of para-hydroxylation sites is 1. The van der Waals surface area contributed by atoms with E-state index in [9.17, 15) is 0 Å². The van der Waals surface area contributed by atoms with Crippen LogP contribution in [-0.2, 0) is 0 Å². The number of nitrogens with zero attached hydrogens (tertiary/aromatic N) is 1. The number of oxazole rings is 1. The summed E-state index contributed by atoms with van der Waals surface area (Å²) in [6.45, 7) is 5.14. The Kier molecular flexibility index (Phi) is 2.74. The van der Waals surface area contributed by atoms with E-state index in [4.69, 9.17) is 9.40 Å². The number of anilines is 1. The van der Waals surface area contributed by atoms with Gasteiger partial charge in [-0.25, -0.2) is 4.98 Å². The Morgan fingerprint density at radius 2 is 2.05 bits per heavy atom. The molecule has 2 aromatic carbocycles. The summed E-state index contributed by atoms with van der Waals surface area (Å²) >= 11 is 0. The van der Waals surface area contributed by atoms with Crippen molar-refractivity contribution in [1.82, 2.24) is 4.98 Å². The molecule has 0 amide bonds. The van der Waals surface area contributed by atoms with Crippen LogP contribution in [0.1, 0.15) is 34.9 Å². The summed E-state index contributed by atoms with van der Waals surface area (Å²) in [5.41, 5.74) is 6.76. The fraction of sp³-hybridized carbons (Fsp3) is 0.278. The molecule has 1 aromatic heterocycles. The Morgan fingerprint density at radius 1 is 1.19 bits per heavy atom. The number of aromatic nitrogens is 1. The molecule has 3 aromatic rings. The van der Waals surface area contributed by atoms with E-state index in [1.54, 1.807) is 0 Å². The number of hydrogen-bond acceptors (Lipinski definition) is 3. The van der Waals surface area contributed by atoms with Crippen molar-refractivity contribution in [2.45, 2.75) is 26.2 Å². The standard InChI is InChI=1S/C18H18N2O/c1-11-9-12(2)17-16(10-11)20-18(21-17)14-7-8-19-15-6-4-3-5-13(14)15/h3-6,9-10,14,19H,7-8H2,1-2H3. The third kappa shape index (κ3) is 2.00. The van der Waals surface area contributed by atoms with Gasteiger partial charge in [0.1, 0.15) is 5.52 Å². The second-order valence-electron chi connectivity index (χ2n) is 5.84. The molecule has 0 bridgehead atoms. The molecule has 1 unspecified atom stereocenters. The minimum absolute atomic E-state index is 0.245. The first-order chi connectivity index (χ1) is 10.2. The van der Waals surface area contributed by atoms with Gasteiger partial charge >= 0.3 is 0 Å². The van der Waals surface area contributed by atoms with E-state index in [0.717, 1.165) is 35.5 Å². The van der Waals surface area contributed by atoms with Crippen LogP contribution < -0.4 is 5.32 Å². The van der Waals surface area contributed by atoms with Gasteiger partial charge < -0.3 is 9.73 Å². The Labute approximate surface area is 124 Å². The molecule has 1 N–H and O–H groups in total. The molecule has 1 aliphatic rings. The van der Waals surface area contributed by atoms with Crippen LogP contribution in [0.5, 0.6) is 0 Å². The molecule has 1 aliphatic heterocycles. The molecule has 106 valence electrons. The highest BCUT2D eigenvalue weighted by atomic mass is 16.3. The first-order valence-electron chi connectivity index (χ1n) is 7.43. The van der Waals surface area contributed by atoms with Crippen molar-refractivity contribution in [2.75, 3.05) is 11.9 Å². The molecular weight excluding hydrogens is 260 g/mol. The number of aryl methyl sites for hydroxylation is 2. The zero-order valence-electron chi connectivity index (χ0n) is 12.3. The minimum atomic E-state index is 0.245. The van der Waals surface area contributed by atoms with Crippen LogP contribution in [0.15, 0.2) is 40.8 Å². The Balaban J connectivity index is 1.86. The fourth-order valence-corrected chi connectivity index (χ4v) is 3.27. The highest BCUT2D eigenvalue weighted by molar-refractivity contribution is 5.77. The van der Waals surface area contributed by atoms with Crippen LogP contribution in [0.25, 0.3) is 11.1 Å². The fourth-order valence-electron chi connectivity index (χ4n) is 3.27. The zero-order valence-corrected chi connectivity index (χ0v) is 12.3. The van der Waals surface area contributed by atoms with E-state index in [-0.39, 0.29) is 5.92 Å². The van der Waals surface area contributed by atoms with Gasteiger partial charge in [0.2, 0.25) is 5.89 Å². The largest absolute Gasteiger partial charge is 0.440 e. The summed E-state index contributed by atoms with van der Waals surface area (Å²) < 4.78 is 6.11. The summed E-state index contributed by atoms with van der Waals surface area (Å²) in [5.74, 6) is 1.09. The maximum atomic E-state index is 6.11. The zero-order chi connectivity index (χ0) is 14.4. The SMILES string of the molecule is Cc1cc(C)c2oc(C3CCNc4ccccc43)nc2c1. The Bertz CT molecular complexity index is 819. The molecule has 0 fully saturated rings. The molecule has 0 spiro atoms. The highest BCUT2D eigenvalue weighted by Crippen LogP contribution is 2.37. The van der Waals surface area contributed by atoms with Crippen molar-refractivity contribution in [3.05, 3.63) is 59.0 Å². The van der Waals surface area contributed by atoms with Crippen LogP contribution in [0.3, 0.4) is 0 Å². The van der Waals surface area contributed by atoms with Crippen molar-refractivity contribution in [1.29, 1.82) is 0 Å². The monoisotopic (exact) mass is 278 g/mol. The molecule has 0 aliphatic carbocycles. The van der Waals surface area contributed by atoms with Gasteiger partial charge in [-0.2, -0.15) is 0 Å². The van der Waals surface area contributed by atoms with Gasteiger partial charge in [0.15, 0.2) is 5.58 Å². The second kappa shape index (κ2) is 4.62. The predicted molar refractivity (Wildman–Crippen MR) is 84.9 cm³/mol. The van der Waals surface area contributed by atoms with E-state index >= 15 is 0 Å². The van der Waals surface area contributed by atoms with Gasteiger partial charge in [0.25, 0.3) is 0 Å². The van der Waals surface area contributed by atoms with Crippen molar-refractivity contribution in [2.24, 2.45) is 0 Å². The maximum absolute atomic E-state index is 6.11. The van der Waals surface area contributed by atoms with Crippen molar-refractivity contribution < 1.29 is 4.42 Å². The van der Waals surface area contributed by atoms with Crippen LogP contribution >= 0.6 is 0 Å². The summed E-state index contributed by atoms with van der Waals surface area (Å²) in [4.78, 5) is 4.76. The normalized spacial score (nSPS) is 17.5. The average Bonchev–Trinajstić information content (AvgIpc) is 2.90. The molecule has 0 radical (unpaired) electrons. The third-order valence-corrected chi connectivity index (χ3v) is 4.22. The molecule has 4 rings (SSSR count). The van der Waals surface area contributed by atoms with Gasteiger partial charge in [-0.1, -0.05) is 24.3 Å². The minimum Gasteiger partial charge on any atom is -0.440 e. The lowest BCUT2D eigenvalue weighted by molar-refractivity contribution is 0.484. The lowest BCUT2D eigenvalue weighted by Crippen LogP contribution is -2.17. The first kappa shape index (κ1) is 12.5. The molecular formula is C18H18N2O. The van der Waals surface area contributed by atoms with Gasteiger partial charge in [0.05, 0.1) is 5.92 Å². The molecule has 3 nitrogen and oxygen atoms in total. The molecule has 0 saturated heterocycles. The van der Waals surface area contributed by atoms with Crippen molar-refractivity contribution >= 4 is 16.8 Å². The summed E-state index contributed by atoms with van der Waals surface area (Å²) in [6, 6.07) is 12.7. The molecule has 2 heterocycles. The quantitative estimate of drug-likeness (QED) is 0.717. The smallest absolute Gasteiger partial charge is 0.203 e.